The molecule has 0 bridgehead atoms. The summed E-state index contributed by atoms with van der Waals surface area (Å²) < 4.78 is 0. The molecule has 1 atom stereocenters. The molecule has 152 valence electrons. The van der Waals surface area contributed by atoms with Gasteiger partial charge >= 0.3 is 0 Å². The molecule has 2 aliphatic rings. The number of fused-ring (bicyclic) bond motifs is 1. The second-order valence-corrected chi connectivity index (χ2v) is 7.88. The van der Waals surface area contributed by atoms with Crippen molar-refractivity contribution in [2.45, 2.75) is 31.6 Å². The maximum absolute atomic E-state index is 12.9. The number of amides is 2. The Morgan fingerprint density at radius 2 is 1.93 bits per heavy atom. The number of carbonyl (C=O) groups excluding carboxylic acids is 2. The lowest BCUT2D eigenvalue weighted by Gasteiger charge is -2.29. The minimum atomic E-state index is -0.986. The summed E-state index contributed by atoms with van der Waals surface area (Å²) in [4.78, 5) is 47.1. The molecule has 2 amide bonds. The van der Waals surface area contributed by atoms with E-state index in [-0.39, 0.29) is 33.8 Å². The van der Waals surface area contributed by atoms with Gasteiger partial charge in [0.15, 0.2) is 0 Å². The SMILES string of the molecule is O=C1CC(C(=O)Nc2cccc(Cl)c2Cl)c2c(nc(N3CCCCC3)[nH]c2=O)N1. The first-order valence-corrected chi connectivity index (χ1v) is 10.1. The van der Waals surface area contributed by atoms with E-state index in [1.54, 1.807) is 18.2 Å². The van der Waals surface area contributed by atoms with E-state index < -0.39 is 17.4 Å². The Kier molecular flexibility index (Phi) is 5.47. The summed E-state index contributed by atoms with van der Waals surface area (Å²) in [5.41, 5.74) is 0.0138. The van der Waals surface area contributed by atoms with E-state index in [1.165, 1.54) is 0 Å². The molecule has 0 saturated carbocycles. The Hall–Kier alpha value is -2.58. The van der Waals surface area contributed by atoms with E-state index in [9.17, 15) is 14.4 Å². The first kappa shape index (κ1) is 19.7. The van der Waals surface area contributed by atoms with Gasteiger partial charge in [0.25, 0.3) is 5.56 Å². The standard InChI is InChI=1S/C19H19Cl2N5O3/c20-11-5-4-6-12(15(11)21)22-17(28)10-9-13(27)23-16-14(10)18(29)25-19(24-16)26-7-2-1-3-8-26/h4-6,10H,1-3,7-9H2,(H,22,28)(H2,23,24,25,27,29). The van der Waals surface area contributed by atoms with Crippen LogP contribution in [0.15, 0.2) is 23.0 Å². The van der Waals surface area contributed by atoms with Crippen molar-refractivity contribution in [3.05, 3.63) is 44.2 Å². The number of aromatic nitrogens is 2. The lowest BCUT2D eigenvalue weighted by atomic mass is 9.92. The molecule has 29 heavy (non-hydrogen) atoms. The van der Waals surface area contributed by atoms with Crippen LogP contribution in [-0.2, 0) is 9.59 Å². The van der Waals surface area contributed by atoms with Crippen LogP contribution < -0.4 is 21.1 Å². The molecule has 2 aromatic rings. The average molecular weight is 436 g/mol. The Bertz CT molecular complexity index is 1030. The number of nitrogens with zero attached hydrogens (tertiary/aromatic N) is 2. The molecule has 0 spiro atoms. The van der Waals surface area contributed by atoms with Gasteiger partial charge in [-0.3, -0.25) is 19.4 Å². The van der Waals surface area contributed by atoms with Gasteiger partial charge in [0.1, 0.15) is 5.82 Å². The third kappa shape index (κ3) is 3.95. The number of nitrogens with one attached hydrogen (secondary N) is 3. The first-order chi connectivity index (χ1) is 13.9. The molecule has 0 aliphatic carbocycles. The maximum Gasteiger partial charge on any atom is 0.258 e. The minimum Gasteiger partial charge on any atom is -0.342 e. The van der Waals surface area contributed by atoms with Gasteiger partial charge in [-0.05, 0) is 31.4 Å². The molecule has 1 saturated heterocycles. The fraction of sp³-hybridized carbons (Fsp3) is 0.368. The Labute approximate surface area is 176 Å². The van der Waals surface area contributed by atoms with Gasteiger partial charge in [0.2, 0.25) is 17.8 Å². The molecule has 1 fully saturated rings. The monoisotopic (exact) mass is 435 g/mol. The molecule has 3 N–H and O–H groups in total. The van der Waals surface area contributed by atoms with Crippen LogP contribution in [0.5, 0.6) is 0 Å². The molecule has 1 aromatic carbocycles. The van der Waals surface area contributed by atoms with Crippen molar-refractivity contribution in [2.24, 2.45) is 0 Å². The topological polar surface area (TPSA) is 107 Å². The molecule has 3 heterocycles. The van der Waals surface area contributed by atoms with Crippen LogP contribution in [0.25, 0.3) is 0 Å². The lowest BCUT2D eigenvalue weighted by molar-refractivity contribution is -0.123. The largest absolute Gasteiger partial charge is 0.342 e. The summed E-state index contributed by atoms with van der Waals surface area (Å²) in [5.74, 6) is -1.35. The van der Waals surface area contributed by atoms with Gasteiger partial charge in [0, 0.05) is 19.5 Å². The van der Waals surface area contributed by atoms with Crippen LogP contribution in [0.2, 0.25) is 10.0 Å². The highest BCUT2D eigenvalue weighted by Crippen LogP contribution is 2.33. The molecule has 10 heteroatoms. The molecule has 8 nitrogen and oxygen atoms in total. The summed E-state index contributed by atoms with van der Waals surface area (Å²) in [7, 11) is 0. The predicted molar refractivity (Wildman–Crippen MR) is 112 cm³/mol. The number of hydrogen-bond donors (Lipinski definition) is 3. The fourth-order valence-electron chi connectivity index (χ4n) is 3.66. The number of hydrogen-bond acceptors (Lipinski definition) is 5. The van der Waals surface area contributed by atoms with Crippen molar-refractivity contribution < 1.29 is 9.59 Å². The Morgan fingerprint density at radius 1 is 1.17 bits per heavy atom. The van der Waals surface area contributed by atoms with Gasteiger partial charge < -0.3 is 15.5 Å². The quantitative estimate of drug-likeness (QED) is 0.686. The molecule has 1 unspecified atom stereocenters. The summed E-state index contributed by atoms with van der Waals surface area (Å²) >= 11 is 12.1. The van der Waals surface area contributed by atoms with Crippen LogP contribution in [0.1, 0.15) is 37.2 Å². The van der Waals surface area contributed by atoms with E-state index in [1.807, 2.05) is 4.90 Å². The van der Waals surface area contributed by atoms with Crippen molar-refractivity contribution in [1.29, 1.82) is 0 Å². The molecule has 1 aromatic heterocycles. The zero-order valence-corrected chi connectivity index (χ0v) is 16.9. The smallest absolute Gasteiger partial charge is 0.258 e. The van der Waals surface area contributed by atoms with Gasteiger partial charge in [-0.1, -0.05) is 29.3 Å². The molecular formula is C19H19Cl2N5O3. The number of benzene rings is 1. The predicted octanol–water partition coefficient (Wildman–Crippen LogP) is 3.13. The third-order valence-corrected chi connectivity index (χ3v) is 5.94. The molecular weight excluding hydrogens is 417 g/mol. The zero-order valence-electron chi connectivity index (χ0n) is 15.4. The molecule has 4 rings (SSSR count). The summed E-state index contributed by atoms with van der Waals surface area (Å²) in [6, 6.07) is 4.84. The maximum atomic E-state index is 12.9. The van der Waals surface area contributed by atoms with E-state index >= 15 is 0 Å². The van der Waals surface area contributed by atoms with E-state index in [4.69, 9.17) is 23.2 Å². The second kappa shape index (κ2) is 8.04. The van der Waals surface area contributed by atoms with E-state index in [0.29, 0.717) is 11.6 Å². The van der Waals surface area contributed by atoms with Crippen molar-refractivity contribution in [3.63, 3.8) is 0 Å². The third-order valence-electron chi connectivity index (χ3n) is 5.12. The summed E-state index contributed by atoms with van der Waals surface area (Å²) in [6.45, 7) is 1.57. The second-order valence-electron chi connectivity index (χ2n) is 7.10. The fourth-order valence-corrected chi connectivity index (χ4v) is 4.01. The summed E-state index contributed by atoms with van der Waals surface area (Å²) in [6.07, 6.45) is 3.00. The van der Waals surface area contributed by atoms with Gasteiger partial charge in [-0.25, -0.2) is 0 Å². The van der Waals surface area contributed by atoms with Crippen molar-refractivity contribution in [3.8, 4) is 0 Å². The highest BCUT2D eigenvalue weighted by atomic mass is 35.5. The normalized spacial score (nSPS) is 18.8. The number of anilines is 3. The molecule has 0 radical (unpaired) electrons. The Balaban J connectivity index is 1.66. The lowest BCUT2D eigenvalue weighted by Crippen LogP contribution is -2.38. The van der Waals surface area contributed by atoms with E-state index in [2.05, 4.69) is 20.6 Å². The van der Waals surface area contributed by atoms with Crippen LogP contribution in [0.4, 0.5) is 17.5 Å². The highest BCUT2D eigenvalue weighted by molar-refractivity contribution is 6.44. The van der Waals surface area contributed by atoms with Crippen molar-refractivity contribution >= 4 is 52.5 Å². The van der Waals surface area contributed by atoms with Gasteiger partial charge in [0.05, 0.1) is 27.2 Å². The zero-order chi connectivity index (χ0) is 20.5. The van der Waals surface area contributed by atoms with Crippen LogP contribution in [0.3, 0.4) is 0 Å². The number of halogens is 2. The first-order valence-electron chi connectivity index (χ1n) is 9.38. The van der Waals surface area contributed by atoms with Crippen LogP contribution in [0, 0.1) is 0 Å². The van der Waals surface area contributed by atoms with Crippen LogP contribution in [-0.4, -0.2) is 34.9 Å². The Morgan fingerprint density at radius 3 is 2.69 bits per heavy atom. The van der Waals surface area contributed by atoms with Crippen LogP contribution >= 0.6 is 23.2 Å². The number of aromatic amines is 1. The summed E-state index contributed by atoms with van der Waals surface area (Å²) in [5, 5.41) is 5.77. The number of carbonyl (C=O) groups is 2. The van der Waals surface area contributed by atoms with Gasteiger partial charge in [-0.15, -0.1) is 0 Å². The van der Waals surface area contributed by atoms with Crippen molar-refractivity contribution in [2.75, 3.05) is 28.6 Å². The highest BCUT2D eigenvalue weighted by Gasteiger charge is 2.35. The number of piperidine rings is 1. The average Bonchev–Trinajstić information content (AvgIpc) is 2.71. The van der Waals surface area contributed by atoms with E-state index in [0.717, 1.165) is 32.4 Å². The van der Waals surface area contributed by atoms with Gasteiger partial charge in [-0.2, -0.15) is 4.98 Å². The minimum absolute atomic E-state index is 0.128. The number of H-pyrrole nitrogens is 1. The number of rotatable bonds is 3. The van der Waals surface area contributed by atoms with Crippen molar-refractivity contribution in [1.82, 2.24) is 9.97 Å². The molecule has 2 aliphatic heterocycles.